The van der Waals surface area contributed by atoms with Crippen LogP contribution in [0.1, 0.15) is 26.7 Å². The number of rotatable bonds is 2. The molecule has 0 aliphatic carbocycles. The average molecular weight is 240 g/mol. The number of nitrogens with one attached hydrogen (secondary N) is 2. The lowest BCUT2D eigenvalue weighted by Gasteiger charge is -2.22. The van der Waals surface area contributed by atoms with Gasteiger partial charge in [0, 0.05) is 37.7 Å². The van der Waals surface area contributed by atoms with Gasteiger partial charge in [0.2, 0.25) is 0 Å². The Balaban J connectivity index is 2.37. The molecule has 1 rings (SSSR count). The van der Waals surface area contributed by atoms with E-state index >= 15 is 0 Å². The summed E-state index contributed by atoms with van der Waals surface area (Å²) in [5.41, 5.74) is 3.23. The summed E-state index contributed by atoms with van der Waals surface area (Å²) in [5.74, 6) is -1.34. The molecule has 0 aromatic heterocycles. The number of piperidine rings is 1. The van der Waals surface area contributed by atoms with Crippen LogP contribution < -0.4 is 10.7 Å². The van der Waals surface area contributed by atoms with E-state index in [1.807, 2.05) is 7.05 Å². The second-order valence-electron chi connectivity index (χ2n) is 4.55. The number of nitrogens with zero attached hydrogens (tertiary/aromatic N) is 2. The second kappa shape index (κ2) is 6.34. The highest BCUT2D eigenvalue weighted by Crippen LogP contribution is 2.03. The largest absolute Gasteiger partial charge is 0.346 e. The van der Waals surface area contributed by atoms with Gasteiger partial charge in [-0.3, -0.25) is 9.59 Å². The van der Waals surface area contributed by atoms with E-state index in [1.165, 1.54) is 0 Å². The lowest BCUT2D eigenvalue weighted by molar-refractivity contribution is -0.139. The minimum absolute atomic E-state index is 0.0516. The van der Waals surface area contributed by atoms with Gasteiger partial charge in [0.05, 0.1) is 0 Å². The van der Waals surface area contributed by atoms with Crippen molar-refractivity contribution in [3.63, 3.8) is 0 Å². The summed E-state index contributed by atoms with van der Waals surface area (Å²) in [5, 5.41) is 6.48. The van der Waals surface area contributed by atoms with E-state index in [2.05, 4.69) is 20.7 Å². The number of hydrogen-bond acceptors (Lipinski definition) is 4. The molecule has 0 atom stereocenters. The number of amides is 2. The highest BCUT2D eigenvalue weighted by molar-refractivity contribution is 6.35. The van der Waals surface area contributed by atoms with Crippen LogP contribution in [0, 0.1) is 0 Å². The van der Waals surface area contributed by atoms with Gasteiger partial charge in [-0.1, -0.05) is 0 Å². The third-order valence-corrected chi connectivity index (χ3v) is 2.51. The van der Waals surface area contributed by atoms with Crippen molar-refractivity contribution in [2.45, 2.75) is 32.7 Å². The van der Waals surface area contributed by atoms with Crippen LogP contribution in [0.3, 0.4) is 0 Å². The Bertz CT molecular complexity index is 315. The van der Waals surface area contributed by atoms with Crippen molar-refractivity contribution < 1.29 is 9.59 Å². The maximum atomic E-state index is 11.3. The molecule has 0 saturated carbocycles. The van der Waals surface area contributed by atoms with Gasteiger partial charge in [-0.2, -0.15) is 5.10 Å². The molecule has 0 unspecified atom stereocenters. The van der Waals surface area contributed by atoms with E-state index < -0.39 is 11.8 Å². The summed E-state index contributed by atoms with van der Waals surface area (Å²) in [4.78, 5) is 24.8. The molecule has 96 valence electrons. The minimum atomic E-state index is -0.704. The Morgan fingerprint density at radius 1 is 1.24 bits per heavy atom. The van der Waals surface area contributed by atoms with Crippen LogP contribution in [0.15, 0.2) is 5.10 Å². The Labute approximate surface area is 101 Å². The summed E-state index contributed by atoms with van der Waals surface area (Å²) >= 11 is 0. The maximum Gasteiger partial charge on any atom is 0.329 e. The third-order valence-electron chi connectivity index (χ3n) is 2.51. The quantitative estimate of drug-likeness (QED) is 0.514. The third kappa shape index (κ3) is 4.95. The fraction of sp³-hybridized carbons (Fsp3) is 0.727. The van der Waals surface area contributed by atoms with Gasteiger partial charge < -0.3 is 10.2 Å². The van der Waals surface area contributed by atoms with Crippen LogP contribution in [0.2, 0.25) is 0 Å². The van der Waals surface area contributed by atoms with E-state index in [0.29, 0.717) is 0 Å². The maximum absolute atomic E-state index is 11.3. The molecule has 0 bridgehead atoms. The molecule has 17 heavy (non-hydrogen) atoms. The van der Waals surface area contributed by atoms with E-state index in [4.69, 9.17) is 0 Å². The van der Waals surface area contributed by atoms with Gasteiger partial charge >= 0.3 is 11.8 Å². The van der Waals surface area contributed by atoms with Crippen molar-refractivity contribution in [1.29, 1.82) is 0 Å². The number of hydrazone groups is 1. The minimum Gasteiger partial charge on any atom is -0.346 e. The molecular weight excluding hydrogens is 220 g/mol. The van der Waals surface area contributed by atoms with Crippen LogP contribution in [0.4, 0.5) is 0 Å². The van der Waals surface area contributed by atoms with E-state index in [-0.39, 0.29) is 6.04 Å². The lowest BCUT2D eigenvalue weighted by Crippen LogP contribution is -2.41. The van der Waals surface area contributed by atoms with Gasteiger partial charge in [-0.05, 0) is 20.9 Å². The molecule has 1 aliphatic rings. The van der Waals surface area contributed by atoms with Crippen molar-refractivity contribution in [1.82, 2.24) is 15.6 Å². The van der Waals surface area contributed by atoms with Crippen LogP contribution in [0.5, 0.6) is 0 Å². The molecule has 0 aromatic rings. The molecule has 2 amide bonds. The fourth-order valence-corrected chi connectivity index (χ4v) is 1.50. The van der Waals surface area contributed by atoms with Crippen molar-refractivity contribution in [2.24, 2.45) is 5.10 Å². The summed E-state index contributed by atoms with van der Waals surface area (Å²) < 4.78 is 0. The van der Waals surface area contributed by atoms with Crippen molar-refractivity contribution in [2.75, 3.05) is 20.1 Å². The molecule has 1 aliphatic heterocycles. The highest BCUT2D eigenvalue weighted by atomic mass is 16.2. The van der Waals surface area contributed by atoms with Gasteiger partial charge in [-0.15, -0.1) is 0 Å². The molecule has 2 N–H and O–H groups in total. The fourth-order valence-electron chi connectivity index (χ4n) is 1.50. The van der Waals surface area contributed by atoms with E-state index in [0.717, 1.165) is 31.6 Å². The predicted octanol–water partition coefficient (Wildman–Crippen LogP) is -0.291. The zero-order valence-electron chi connectivity index (χ0n) is 10.6. The SMILES string of the molecule is CC(C)NC(=O)C(=O)NN=C1CCN(C)CC1. The van der Waals surface area contributed by atoms with Crippen LogP contribution in [0.25, 0.3) is 0 Å². The van der Waals surface area contributed by atoms with Crippen molar-refractivity contribution >= 4 is 17.5 Å². The Morgan fingerprint density at radius 2 is 1.82 bits per heavy atom. The van der Waals surface area contributed by atoms with E-state index in [9.17, 15) is 9.59 Å². The van der Waals surface area contributed by atoms with Crippen LogP contribution in [-0.2, 0) is 9.59 Å². The van der Waals surface area contributed by atoms with E-state index in [1.54, 1.807) is 13.8 Å². The first kappa shape index (κ1) is 13.6. The van der Waals surface area contributed by atoms with Crippen LogP contribution in [-0.4, -0.2) is 48.6 Å². The molecular formula is C11H20N4O2. The number of likely N-dealkylation sites (tertiary alicyclic amines) is 1. The second-order valence-corrected chi connectivity index (χ2v) is 4.55. The number of hydrogen-bond donors (Lipinski definition) is 2. The predicted molar refractivity (Wildman–Crippen MR) is 65.6 cm³/mol. The summed E-state index contributed by atoms with van der Waals surface area (Å²) in [6.07, 6.45) is 1.67. The smallest absolute Gasteiger partial charge is 0.329 e. The Kier molecular flexibility index (Phi) is 5.09. The molecule has 6 heteroatoms. The molecule has 1 fully saturated rings. The first-order valence-electron chi connectivity index (χ1n) is 5.84. The molecule has 0 radical (unpaired) electrons. The highest BCUT2D eigenvalue weighted by Gasteiger charge is 2.15. The standard InChI is InChI=1S/C11H20N4O2/c1-8(2)12-10(16)11(17)14-13-9-4-6-15(3)7-5-9/h8H,4-7H2,1-3H3,(H,12,16)(H,14,17). The lowest BCUT2D eigenvalue weighted by atomic mass is 10.1. The zero-order valence-corrected chi connectivity index (χ0v) is 10.6. The molecule has 0 spiro atoms. The summed E-state index contributed by atoms with van der Waals surface area (Å²) in [6, 6.07) is -0.0516. The molecule has 6 nitrogen and oxygen atoms in total. The monoisotopic (exact) mass is 240 g/mol. The Morgan fingerprint density at radius 3 is 2.35 bits per heavy atom. The molecule has 1 heterocycles. The molecule has 0 aromatic carbocycles. The number of carbonyl (C=O) groups excluding carboxylic acids is 2. The number of carbonyl (C=O) groups is 2. The average Bonchev–Trinajstić information content (AvgIpc) is 2.27. The van der Waals surface area contributed by atoms with Gasteiger partial charge in [0.1, 0.15) is 0 Å². The first-order valence-corrected chi connectivity index (χ1v) is 5.84. The normalized spacial score (nSPS) is 16.8. The van der Waals surface area contributed by atoms with Crippen molar-refractivity contribution in [3.8, 4) is 0 Å². The Hall–Kier alpha value is -1.43. The molecule has 1 saturated heterocycles. The van der Waals surface area contributed by atoms with Gasteiger partial charge in [0.25, 0.3) is 0 Å². The van der Waals surface area contributed by atoms with Gasteiger partial charge in [0.15, 0.2) is 0 Å². The zero-order chi connectivity index (χ0) is 12.8. The summed E-state index contributed by atoms with van der Waals surface area (Å²) in [6.45, 7) is 5.47. The van der Waals surface area contributed by atoms with Crippen LogP contribution >= 0.6 is 0 Å². The first-order chi connectivity index (χ1) is 7.99. The van der Waals surface area contributed by atoms with Gasteiger partial charge in [-0.25, -0.2) is 5.43 Å². The van der Waals surface area contributed by atoms with Crippen molar-refractivity contribution in [3.05, 3.63) is 0 Å². The summed E-state index contributed by atoms with van der Waals surface area (Å²) in [7, 11) is 2.05. The topological polar surface area (TPSA) is 73.8 Å².